The SMILES string of the molecule is Cc1ccc(CC(=O)Nc2cc(N3CCN(c4ccccc4)CC3)ncn2)cc1. The van der Waals surface area contributed by atoms with E-state index >= 15 is 0 Å². The van der Waals surface area contributed by atoms with Crippen molar-refractivity contribution in [1.29, 1.82) is 0 Å². The lowest BCUT2D eigenvalue weighted by Crippen LogP contribution is -2.46. The van der Waals surface area contributed by atoms with Gasteiger partial charge in [-0.25, -0.2) is 9.97 Å². The van der Waals surface area contributed by atoms with E-state index in [1.54, 1.807) is 0 Å². The number of hydrogen-bond acceptors (Lipinski definition) is 5. The van der Waals surface area contributed by atoms with Crippen LogP contribution < -0.4 is 15.1 Å². The van der Waals surface area contributed by atoms with Crippen molar-refractivity contribution in [3.8, 4) is 0 Å². The van der Waals surface area contributed by atoms with Crippen molar-refractivity contribution in [3.63, 3.8) is 0 Å². The molecule has 6 nitrogen and oxygen atoms in total. The van der Waals surface area contributed by atoms with Gasteiger partial charge in [0.05, 0.1) is 6.42 Å². The predicted octanol–water partition coefficient (Wildman–Crippen LogP) is 3.29. The fourth-order valence-corrected chi connectivity index (χ4v) is 3.50. The van der Waals surface area contributed by atoms with Crippen LogP contribution in [0.4, 0.5) is 17.3 Å². The van der Waals surface area contributed by atoms with Gasteiger partial charge in [0.15, 0.2) is 0 Å². The highest BCUT2D eigenvalue weighted by Crippen LogP contribution is 2.20. The third-order valence-electron chi connectivity index (χ3n) is 5.13. The number of rotatable bonds is 5. The first-order chi connectivity index (χ1) is 14.2. The van der Waals surface area contributed by atoms with Crippen LogP contribution in [0.3, 0.4) is 0 Å². The van der Waals surface area contributed by atoms with E-state index in [2.05, 4.69) is 49.4 Å². The van der Waals surface area contributed by atoms with Gasteiger partial charge in [-0.3, -0.25) is 4.79 Å². The summed E-state index contributed by atoms with van der Waals surface area (Å²) in [6.07, 6.45) is 1.84. The van der Waals surface area contributed by atoms with Crippen molar-refractivity contribution < 1.29 is 4.79 Å². The third-order valence-corrected chi connectivity index (χ3v) is 5.13. The Kier molecular flexibility index (Phi) is 5.70. The number of amides is 1. The zero-order valence-corrected chi connectivity index (χ0v) is 16.6. The number of benzene rings is 2. The first kappa shape index (κ1) is 18.9. The average Bonchev–Trinajstić information content (AvgIpc) is 2.76. The minimum Gasteiger partial charge on any atom is -0.368 e. The Bertz CT molecular complexity index is 951. The monoisotopic (exact) mass is 387 g/mol. The predicted molar refractivity (Wildman–Crippen MR) is 116 cm³/mol. The number of carbonyl (C=O) groups excluding carboxylic acids is 1. The van der Waals surface area contributed by atoms with Gasteiger partial charge < -0.3 is 15.1 Å². The molecule has 2 aromatic carbocycles. The van der Waals surface area contributed by atoms with Gasteiger partial charge in [0.2, 0.25) is 5.91 Å². The quantitative estimate of drug-likeness (QED) is 0.728. The molecule has 0 bridgehead atoms. The van der Waals surface area contributed by atoms with Gasteiger partial charge in [-0.15, -0.1) is 0 Å². The van der Waals surface area contributed by atoms with Crippen LogP contribution in [0, 0.1) is 6.92 Å². The highest BCUT2D eigenvalue weighted by Gasteiger charge is 2.19. The smallest absolute Gasteiger partial charge is 0.229 e. The molecule has 0 aliphatic carbocycles. The van der Waals surface area contributed by atoms with Gasteiger partial charge >= 0.3 is 0 Å². The van der Waals surface area contributed by atoms with Crippen LogP contribution in [0.1, 0.15) is 11.1 Å². The molecule has 0 spiro atoms. The van der Waals surface area contributed by atoms with Crippen LogP contribution in [-0.2, 0) is 11.2 Å². The number of nitrogens with zero attached hydrogens (tertiary/aromatic N) is 4. The number of aromatic nitrogens is 2. The fourth-order valence-electron chi connectivity index (χ4n) is 3.50. The van der Waals surface area contributed by atoms with E-state index in [4.69, 9.17) is 0 Å². The molecule has 0 atom stereocenters. The molecule has 2 heterocycles. The van der Waals surface area contributed by atoms with Crippen LogP contribution in [0.25, 0.3) is 0 Å². The molecule has 1 N–H and O–H groups in total. The summed E-state index contributed by atoms with van der Waals surface area (Å²) in [6, 6.07) is 20.3. The lowest BCUT2D eigenvalue weighted by atomic mass is 10.1. The highest BCUT2D eigenvalue weighted by molar-refractivity contribution is 5.91. The van der Waals surface area contributed by atoms with E-state index in [9.17, 15) is 4.79 Å². The van der Waals surface area contributed by atoms with Crippen molar-refractivity contribution in [1.82, 2.24) is 9.97 Å². The molecule has 29 heavy (non-hydrogen) atoms. The van der Waals surface area contributed by atoms with E-state index in [1.165, 1.54) is 17.6 Å². The van der Waals surface area contributed by atoms with Crippen LogP contribution >= 0.6 is 0 Å². The van der Waals surface area contributed by atoms with Gasteiger partial charge in [-0.1, -0.05) is 48.0 Å². The molecule has 1 fully saturated rings. The third kappa shape index (κ3) is 4.90. The van der Waals surface area contributed by atoms with Crippen LogP contribution in [-0.4, -0.2) is 42.1 Å². The van der Waals surface area contributed by atoms with Crippen molar-refractivity contribution in [2.24, 2.45) is 0 Å². The van der Waals surface area contributed by atoms with Crippen LogP contribution in [0.5, 0.6) is 0 Å². The summed E-state index contributed by atoms with van der Waals surface area (Å²) in [4.78, 5) is 25.6. The van der Waals surface area contributed by atoms with E-state index < -0.39 is 0 Å². The molecule has 1 saturated heterocycles. The Labute approximate surface area is 171 Å². The summed E-state index contributed by atoms with van der Waals surface area (Å²) in [5.41, 5.74) is 3.42. The Morgan fingerprint density at radius 1 is 0.931 bits per heavy atom. The van der Waals surface area contributed by atoms with Gasteiger partial charge in [0.1, 0.15) is 18.0 Å². The number of piperazine rings is 1. The summed E-state index contributed by atoms with van der Waals surface area (Å²) in [7, 11) is 0. The van der Waals surface area contributed by atoms with E-state index in [0.717, 1.165) is 37.6 Å². The standard InChI is InChI=1S/C23H25N5O/c1-18-7-9-19(10-8-18)15-23(29)26-21-16-22(25-17-24-21)28-13-11-27(12-14-28)20-5-3-2-4-6-20/h2-10,16-17H,11-15H2,1H3,(H,24,25,26,29). The lowest BCUT2D eigenvalue weighted by Gasteiger charge is -2.36. The van der Waals surface area contributed by atoms with E-state index in [-0.39, 0.29) is 5.91 Å². The Morgan fingerprint density at radius 2 is 1.62 bits per heavy atom. The molecule has 0 saturated carbocycles. The maximum atomic E-state index is 12.4. The van der Waals surface area contributed by atoms with Gasteiger partial charge in [0, 0.05) is 37.9 Å². The van der Waals surface area contributed by atoms with E-state index in [0.29, 0.717) is 12.2 Å². The summed E-state index contributed by atoms with van der Waals surface area (Å²) >= 11 is 0. The second kappa shape index (κ2) is 8.73. The molecule has 1 aliphatic rings. The molecule has 3 aromatic rings. The Hall–Kier alpha value is -3.41. The largest absolute Gasteiger partial charge is 0.368 e. The molecule has 1 aromatic heterocycles. The Morgan fingerprint density at radius 3 is 2.34 bits per heavy atom. The maximum absolute atomic E-state index is 12.4. The zero-order valence-electron chi connectivity index (χ0n) is 16.6. The first-order valence-electron chi connectivity index (χ1n) is 9.90. The highest BCUT2D eigenvalue weighted by atomic mass is 16.1. The number of carbonyl (C=O) groups is 1. The summed E-state index contributed by atoms with van der Waals surface area (Å²) in [5.74, 6) is 1.31. The fraction of sp³-hybridized carbons (Fsp3) is 0.261. The van der Waals surface area contributed by atoms with Crippen molar-refractivity contribution in [3.05, 3.63) is 78.1 Å². The molecular weight excluding hydrogens is 362 g/mol. The maximum Gasteiger partial charge on any atom is 0.229 e. The molecule has 4 rings (SSSR count). The molecule has 0 radical (unpaired) electrons. The minimum atomic E-state index is -0.0765. The number of para-hydroxylation sites is 1. The molecule has 6 heteroatoms. The number of anilines is 3. The number of hydrogen-bond donors (Lipinski definition) is 1. The first-order valence-corrected chi connectivity index (χ1v) is 9.90. The average molecular weight is 387 g/mol. The van der Waals surface area contributed by atoms with Gasteiger partial charge in [-0.05, 0) is 24.6 Å². The van der Waals surface area contributed by atoms with Crippen molar-refractivity contribution in [2.45, 2.75) is 13.3 Å². The summed E-state index contributed by atoms with van der Waals surface area (Å²) < 4.78 is 0. The van der Waals surface area contributed by atoms with Crippen LogP contribution in [0.2, 0.25) is 0 Å². The van der Waals surface area contributed by atoms with Crippen molar-refractivity contribution >= 4 is 23.2 Å². The second-order valence-electron chi connectivity index (χ2n) is 7.28. The zero-order chi connectivity index (χ0) is 20.1. The Balaban J connectivity index is 1.35. The van der Waals surface area contributed by atoms with Gasteiger partial charge in [0.25, 0.3) is 0 Å². The molecular formula is C23H25N5O. The normalized spacial score (nSPS) is 14.0. The molecule has 1 aliphatic heterocycles. The lowest BCUT2D eigenvalue weighted by molar-refractivity contribution is -0.115. The molecule has 1 amide bonds. The number of nitrogens with one attached hydrogen (secondary N) is 1. The molecule has 0 unspecified atom stereocenters. The molecule has 148 valence electrons. The van der Waals surface area contributed by atoms with Crippen molar-refractivity contribution in [2.75, 3.05) is 41.3 Å². The summed E-state index contributed by atoms with van der Waals surface area (Å²) in [5, 5.41) is 2.89. The summed E-state index contributed by atoms with van der Waals surface area (Å²) in [6.45, 7) is 5.66. The topological polar surface area (TPSA) is 61.4 Å². The minimum absolute atomic E-state index is 0.0765. The second-order valence-corrected chi connectivity index (χ2v) is 7.28. The van der Waals surface area contributed by atoms with Crippen LogP contribution in [0.15, 0.2) is 67.0 Å². The van der Waals surface area contributed by atoms with E-state index in [1.807, 2.05) is 43.3 Å². The number of aryl methyl sites for hydroxylation is 1. The van der Waals surface area contributed by atoms with Gasteiger partial charge in [-0.2, -0.15) is 0 Å².